The maximum absolute atomic E-state index is 6.38. The van der Waals surface area contributed by atoms with E-state index < -0.39 is 0 Å². The summed E-state index contributed by atoms with van der Waals surface area (Å²) < 4.78 is 18.6. The molecule has 3 fully saturated rings. The van der Waals surface area contributed by atoms with Crippen LogP contribution in [-0.4, -0.2) is 59.1 Å². The molecule has 4 heteroatoms. The summed E-state index contributed by atoms with van der Waals surface area (Å²) in [7, 11) is 0. The zero-order valence-corrected chi connectivity index (χ0v) is 19.7. The van der Waals surface area contributed by atoms with Gasteiger partial charge in [0.05, 0.1) is 35.6 Å². The third-order valence-corrected chi connectivity index (χ3v) is 6.83. The van der Waals surface area contributed by atoms with Crippen molar-refractivity contribution in [1.82, 2.24) is 4.90 Å². The summed E-state index contributed by atoms with van der Waals surface area (Å²) in [6.07, 6.45) is 8.58. The molecule has 2 saturated carbocycles. The monoisotopic (exact) mass is 395 g/mol. The zero-order chi connectivity index (χ0) is 20.7. The van der Waals surface area contributed by atoms with Crippen LogP contribution < -0.4 is 0 Å². The minimum Gasteiger partial charge on any atom is -0.375 e. The van der Waals surface area contributed by atoms with Gasteiger partial charge in [-0.1, -0.05) is 0 Å². The highest BCUT2D eigenvalue weighted by atomic mass is 16.5. The number of rotatable bonds is 6. The lowest BCUT2D eigenvalue weighted by Gasteiger charge is -2.53. The molecule has 0 aromatic heterocycles. The minimum absolute atomic E-state index is 0.0199. The molecule has 0 aromatic carbocycles. The molecule has 3 rings (SSSR count). The second-order valence-electron chi connectivity index (χ2n) is 11.9. The molecule has 0 unspecified atom stereocenters. The van der Waals surface area contributed by atoms with Crippen molar-refractivity contribution < 1.29 is 14.2 Å². The highest BCUT2D eigenvalue weighted by Crippen LogP contribution is 2.43. The topological polar surface area (TPSA) is 30.9 Å². The van der Waals surface area contributed by atoms with Crippen molar-refractivity contribution in [3.05, 3.63) is 0 Å². The van der Waals surface area contributed by atoms with Crippen LogP contribution in [0, 0.1) is 5.92 Å². The molecule has 28 heavy (non-hydrogen) atoms. The fourth-order valence-corrected chi connectivity index (χ4v) is 5.06. The first kappa shape index (κ1) is 22.5. The summed E-state index contributed by atoms with van der Waals surface area (Å²) >= 11 is 0. The van der Waals surface area contributed by atoms with E-state index in [0.717, 1.165) is 31.8 Å². The van der Waals surface area contributed by atoms with Gasteiger partial charge in [0.15, 0.2) is 0 Å². The Morgan fingerprint density at radius 2 is 1.07 bits per heavy atom. The lowest BCUT2D eigenvalue weighted by Crippen LogP contribution is -2.58. The quantitative estimate of drug-likeness (QED) is 0.619. The van der Waals surface area contributed by atoms with Crippen molar-refractivity contribution in [3.63, 3.8) is 0 Å². The molecule has 4 nitrogen and oxygen atoms in total. The van der Waals surface area contributed by atoms with Crippen LogP contribution in [-0.2, 0) is 14.2 Å². The van der Waals surface area contributed by atoms with E-state index >= 15 is 0 Å². The molecule has 0 N–H and O–H groups in total. The van der Waals surface area contributed by atoms with Crippen LogP contribution in [0.1, 0.15) is 93.9 Å². The molecular formula is C24H45NO3. The van der Waals surface area contributed by atoms with Crippen LogP contribution >= 0.6 is 0 Å². The maximum atomic E-state index is 6.38. The Balaban J connectivity index is 1.35. The van der Waals surface area contributed by atoms with Crippen LogP contribution in [0.4, 0.5) is 0 Å². The highest BCUT2D eigenvalue weighted by molar-refractivity contribution is 4.99. The van der Waals surface area contributed by atoms with Crippen LogP contribution in [0.15, 0.2) is 0 Å². The summed E-state index contributed by atoms with van der Waals surface area (Å²) in [5.74, 6) is 0.749. The highest BCUT2D eigenvalue weighted by Gasteiger charge is 2.45. The van der Waals surface area contributed by atoms with Crippen LogP contribution in [0.5, 0.6) is 0 Å². The molecular weight excluding hydrogens is 350 g/mol. The predicted octanol–water partition coefficient (Wildman–Crippen LogP) is 5.19. The van der Waals surface area contributed by atoms with Gasteiger partial charge >= 0.3 is 0 Å². The first-order valence-electron chi connectivity index (χ1n) is 11.6. The van der Waals surface area contributed by atoms with Gasteiger partial charge in [0.25, 0.3) is 0 Å². The van der Waals surface area contributed by atoms with E-state index in [-0.39, 0.29) is 16.7 Å². The fraction of sp³-hybridized carbons (Fsp3) is 1.00. The Hall–Kier alpha value is -0.160. The van der Waals surface area contributed by atoms with Crippen molar-refractivity contribution >= 4 is 0 Å². The summed E-state index contributed by atoms with van der Waals surface area (Å²) in [5.41, 5.74) is 0.212. The number of hydrogen-bond acceptors (Lipinski definition) is 4. The van der Waals surface area contributed by atoms with Gasteiger partial charge in [0.2, 0.25) is 0 Å². The number of ether oxygens (including phenoxy) is 3. The second-order valence-corrected chi connectivity index (χ2v) is 11.9. The normalized spacial score (nSPS) is 33.4. The molecule has 1 aliphatic heterocycles. The van der Waals surface area contributed by atoms with E-state index in [4.69, 9.17) is 14.2 Å². The number of nitrogens with zero attached hydrogens (tertiary/aromatic N) is 1. The fourth-order valence-electron chi connectivity index (χ4n) is 5.06. The van der Waals surface area contributed by atoms with Gasteiger partial charge in [-0.05, 0) is 99.8 Å². The van der Waals surface area contributed by atoms with Gasteiger partial charge in [0.1, 0.15) is 0 Å². The third-order valence-electron chi connectivity index (χ3n) is 6.83. The van der Waals surface area contributed by atoms with E-state index in [0.29, 0.717) is 24.4 Å². The Morgan fingerprint density at radius 3 is 1.54 bits per heavy atom. The van der Waals surface area contributed by atoms with Crippen molar-refractivity contribution in [1.29, 1.82) is 0 Å². The summed E-state index contributed by atoms with van der Waals surface area (Å²) in [6.45, 7) is 20.1. The molecule has 164 valence electrons. The van der Waals surface area contributed by atoms with Gasteiger partial charge in [0, 0.05) is 18.6 Å². The molecule has 0 spiro atoms. The molecule has 3 aliphatic rings. The van der Waals surface area contributed by atoms with E-state index in [1.54, 1.807) is 0 Å². The number of likely N-dealkylation sites (tertiary alicyclic amines) is 1. The van der Waals surface area contributed by atoms with E-state index in [1.165, 1.54) is 25.7 Å². The van der Waals surface area contributed by atoms with E-state index in [1.807, 2.05) is 0 Å². The smallest absolute Gasteiger partial charge is 0.0631 e. The van der Waals surface area contributed by atoms with Crippen LogP contribution in [0.25, 0.3) is 0 Å². The average Bonchev–Trinajstić information content (AvgIpc) is 2.46. The lowest BCUT2D eigenvalue weighted by atomic mass is 9.69. The summed E-state index contributed by atoms with van der Waals surface area (Å²) in [4.78, 5) is 2.71. The van der Waals surface area contributed by atoms with Crippen molar-refractivity contribution in [2.75, 3.05) is 13.1 Å². The zero-order valence-electron chi connectivity index (χ0n) is 19.7. The van der Waals surface area contributed by atoms with Crippen LogP contribution in [0.3, 0.4) is 0 Å². The van der Waals surface area contributed by atoms with Crippen LogP contribution in [0.2, 0.25) is 0 Å². The van der Waals surface area contributed by atoms with Crippen molar-refractivity contribution in [2.24, 2.45) is 5.92 Å². The third kappa shape index (κ3) is 5.93. The van der Waals surface area contributed by atoms with Gasteiger partial charge in [-0.3, -0.25) is 4.90 Å². The van der Waals surface area contributed by atoms with Crippen molar-refractivity contribution in [2.45, 2.75) is 135 Å². The molecule has 0 amide bonds. The number of piperidine rings is 1. The first-order chi connectivity index (χ1) is 12.8. The van der Waals surface area contributed by atoms with Crippen molar-refractivity contribution in [3.8, 4) is 0 Å². The molecule has 0 bridgehead atoms. The van der Waals surface area contributed by atoms with Gasteiger partial charge in [-0.2, -0.15) is 0 Å². The van der Waals surface area contributed by atoms with E-state index in [9.17, 15) is 0 Å². The minimum atomic E-state index is -0.0367. The predicted molar refractivity (Wildman–Crippen MR) is 115 cm³/mol. The largest absolute Gasteiger partial charge is 0.375 e. The molecule has 0 aromatic rings. The Morgan fingerprint density at radius 1 is 0.607 bits per heavy atom. The Labute approximate surface area is 173 Å². The van der Waals surface area contributed by atoms with E-state index in [2.05, 4.69) is 60.3 Å². The molecule has 2 aliphatic carbocycles. The van der Waals surface area contributed by atoms with Gasteiger partial charge < -0.3 is 14.2 Å². The lowest BCUT2D eigenvalue weighted by molar-refractivity contribution is -0.173. The Kier molecular flexibility index (Phi) is 6.57. The standard InChI is InChI=1S/C24H45NO3/c1-22(2,3)27-20-13-17(14-20)24(7,8)25-11-9-18(10-12-25)26-19-15-21(16-19)28-23(4,5)6/h17-21H,9-16H2,1-8H3/t17-,19-,20-,21-. The Bertz CT molecular complexity index is 499. The molecule has 1 heterocycles. The number of hydrogen-bond donors (Lipinski definition) is 0. The molecule has 0 radical (unpaired) electrons. The molecule has 0 atom stereocenters. The maximum Gasteiger partial charge on any atom is 0.0631 e. The summed E-state index contributed by atoms with van der Waals surface area (Å²) in [6, 6.07) is 0. The second kappa shape index (κ2) is 8.17. The van der Waals surface area contributed by atoms with Gasteiger partial charge in [-0.15, -0.1) is 0 Å². The average molecular weight is 396 g/mol. The van der Waals surface area contributed by atoms with Gasteiger partial charge in [-0.25, -0.2) is 0 Å². The molecule has 1 saturated heterocycles. The first-order valence-corrected chi connectivity index (χ1v) is 11.6. The SMILES string of the molecule is CC(C)(C)O[C@H]1C[C@H](OC2CCN(C(C)(C)[C@H]3C[C@H](OC(C)(C)C)C3)CC2)C1. The summed E-state index contributed by atoms with van der Waals surface area (Å²) in [5, 5.41) is 0.